The zero-order valence-corrected chi connectivity index (χ0v) is 21.9. The highest BCUT2D eigenvalue weighted by molar-refractivity contribution is 9.10. The van der Waals surface area contributed by atoms with Crippen LogP contribution in [0.25, 0.3) is 16.9 Å². The molecule has 4 aromatic rings. The summed E-state index contributed by atoms with van der Waals surface area (Å²) in [6.45, 7) is 2.91. The monoisotopic (exact) mass is 564 g/mol. The molecule has 0 fully saturated rings. The van der Waals surface area contributed by atoms with Gasteiger partial charge >= 0.3 is 0 Å². The van der Waals surface area contributed by atoms with Crippen molar-refractivity contribution in [1.29, 1.82) is 0 Å². The van der Waals surface area contributed by atoms with Gasteiger partial charge in [0.2, 0.25) is 0 Å². The molecular weight excluding hydrogens is 536 g/mol. The van der Waals surface area contributed by atoms with Crippen molar-refractivity contribution < 1.29 is 19.0 Å². The van der Waals surface area contributed by atoms with Gasteiger partial charge in [0.1, 0.15) is 18.1 Å². The first-order chi connectivity index (χ1) is 18.1. The summed E-state index contributed by atoms with van der Waals surface area (Å²) in [6, 6.07) is 24.6. The zero-order chi connectivity index (χ0) is 25.9. The second-order valence-electron chi connectivity index (χ2n) is 8.02. The number of ether oxygens (including phenoxy) is 3. The number of amides is 1. The van der Waals surface area contributed by atoms with Gasteiger partial charge in [0, 0.05) is 28.5 Å². The molecule has 0 aliphatic rings. The predicted molar refractivity (Wildman–Crippen MR) is 147 cm³/mol. The quantitative estimate of drug-likeness (QED) is 0.223. The van der Waals surface area contributed by atoms with Crippen LogP contribution in [-0.2, 0) is 9.47 Å². The van der Waals surface area contributed by atoms with Crippen LogP contribution in [0.2, 0.25) is 0 Å². The standard InChI is InChI=1S/C28H29BrN4O4/c29-22-8-6-21(7-9-22)27-26(20-33(32-27)24-4-2-1-3-5-24)28(34)31-23-10-12-25(13-11-23)37-19-18-36-17-16-35-15-14-30/h1-13,20H,14-19,30H2,(H,31,34). The Bertz CT molecular complexity index is 1260. The summed E-state index contributed by atoms with van der Waals surface area (Å²) >= 11 is 3.46. The minimum Gasteiger partial charge on any atom is -0.491 e. The fourth-order valence-corrected chi connectivity index (χ4v) is 3.80. The topological polar surface area (TPSA) is 101 Å². The van der Waals surface area contributed by atoms with Crippen molar-refractivity contribution in [2.45, 2.75) is 0 Å². The van der Waals surface area contributed by atoms with Crippen LogP contribution >= 0.6 is 15.9 Å². The van der Waals surface area contributed by atoms with Gasteiger partial charge < -0.3 is 25.3 Å². The number of nitrogens with two attached hydrogens (primary N) is 1. The molecule has 0 saturated heterocycles. The maximum atomic E-state index is 13.3. The summed E-state index contributed by atoms with van der Waals surface area (Å²) in [7, 11) is 0. The van der Waals surface area contributed by atoms with Crippen LogP contribution in [0.4, 0.5) is 5.69 Å². The van der Waals surface area contributed by atoms with E-state index < -0.39 is 0 Å². The lowest BCUT2D eigenvalue weighted by atomic mass is 10.1. The number of rotatable bonds is 13. The molecule has 1 amide bonds. The molecule has 0 unspecified atom stereocenters. The molecule has 9 heteroatoms. The van der Waals surface area contributed by atoms with E-state index in [0.29, 0.717) is 62.3 Å². The van der Waals surface area contributed by atoms with E-state index in [1.165, 1.54) is 0 Å². The summed E-state index contributed by atoms with van der Waals surface area (Å²) in [6.07, 6.45) is 1.75. The fraction of sp³-hybridized carbons (Fsp3) is 0.214. The van der Waals surface area contributed by atoms with E-state index in [0.717, 1.165) is 15.7 Å². The molecule has 0 spiro atoms. The van der Waals surface area contributed by atoms with Crippen LogP contribution in [0.1, 0.15) is 10.4 Å². The van der Waals surface area contributed by atoms with Crippen molar-refractivity contribution in [2.75, 3.05) is 44.9 Å². The van der Waals surface area contributed by atoms with E-state index >= 15 is 0 Å². The lowest BCUT2D eigenvalue weighted by Crippen LogP contribution is -2.14. The van der Waals surface area contributed by atoms with Gasteiger partial charge in [-0.05, 0) is 48.5 Å². The van der Waals surface area contributed by atoms with E-state index in [2.05, 4.69) is 21.2 Å². The fourth-order valence-electron chi connectivity index (χ4n) is 3.53. The molecule has 1 aromatic heterocycles. The van der Waals surface area contributed by atoms with Gasteiger partial charge in [-0.25, -0.2) is 4.68 Å². The molecule has 1 heterocycles. The summed E-state index contributed by atoms with van der Waals surface area (Å²) in [5.74, 6) is 0.437. The molecule has 0 bridgehead atoms. The van der Waals surface area contributed by atoms with Gasteiger partial charge in [0.25, 0.3) is 5.91 Å². The molecule has 0 radical (unpaired) electrons. The lowest BCUT2D eigenvalue weighted by Gasteiger charge is -2.09. The van der Waals surface area contributed by atoms with Crippen molar-refractivity contribution in [2.24, 2.45) is 5.73 Å². The molecule has 192 valence electrons. The first kappa shape index (κ1) is 26.6. The number of hydrogen-bond donors (Lipinski definition) is 2. The van der Waals surface area contributed by atoms with Crippen LogP contribution in [0, 0.1) is 0 Å². The molecule has 3 N–H and O–H groups in total. The number of anilines is 1. The Labute approximate surface area is 224 Å². The van der Waals surface area contributed by atoms with Gasteiger partial charge in [-0.1, -0.05) is 46.3 Å². The number of para-hydroxylation sites is 1. The van der Waals surface area contributed by atoms with Gasteiger partial charge in [0.15, 0.2) is 0 Å². The third-order valence-electron chi connectivity index (χ3n) is 5.34. The van der Waals surface area contributed by atoms with Gasteiger partial charge in [-0.2, -0.15) is 5.10 Å². The molecular formula is C28H29BrN4O4. The summed E-state index contributed by atoms with van der Waals surface area (Å²) in [5.41, 5.74) is 8.81. The highest BCUT2D eigenvalue weighted by Crippen LogP contribution is 2.26. The molecule has 37 heavy (non-hydrogen) atoms. The lowest BCUT2D eigenvalue weighted by molar-refractivity contribution is 0.0388. The Balaban J connectivity index is 1.39. The Morgan fingerprint density at radius 2 is 1.54 bits per heavy atom. The zero-order valence-electron chi connectivity index (χ0n) is 20.3. The van der Waals surface area contributed by atoms with Crippen LogP contribution in [0.3, 0.4) is 0 Å². The number of hydrogen-bond acceptors (Lipinski definition) is 6. The molecule has 0 aliphatic heterocycles. The second kappa shape index (κ2) is 13.7. The third kappa shape index (κ3) is 7.74. The highest BCUT2D eigenvalue weighted by atomic mass is 79.9. The number of nitrogens with one attached hydrogen (secondary N) is 1. The number of benzene rings is 3. The normalized spacial score (nSPS) is 10.9. The van der Waals surface area contributed by atoms with Crippen molar-refractivity contribution in [3.63, 3.8) is 0 Å². The molecule has 0 saturated carbocycles. The molecule has 0 aliphatic carbocycles. The maximum absolute atomic E-state index is 13.3. The molecule has 0 atom stereocenters. The number of carbonyl (C=O) groups is 1. The van der Waals surface area contributed by atoms with E-state index in [9.17, 15) is 4.79 Å². The van der Waals surface area contributed by atoms with Gasteiger partial charge in [0.05, 0.1) is 37.7 Å². The Morgan fingerprint density at radius 3 is 2.24 bits per heavy atom. The minimum absolute atomic E-state index is 0.251. The first-order valence-corrected chi connectivity index (χ1v) is 12.7. The maximum Gasteiger partial charge on any atom is 0.259 e. The SMILES string of the molecule is NCCOCCOCCOc1ccc(NC(=O)c2cn(-c3ccccc3)nc2-c2ccc(Br)cc2)cc1. The molecule has 8 nitrogen and oxygen atoms in total. The van der Waals surface area contributed by atoms with E-state index in [-0.39, 0.29) is 5.91 Å². The minimum atomic E-state index is -0.251. The van der Waals surface area contributed by atoms with Gasteiger partial charge in [-0.15, -0.1) is 0 Å². The average molecular weight is 565 g/mol. The number of carbonyl (C=O) groups excluding carboxylic acids is 1. The van der Waals surface area contributed by atoms with E-state index in [1.54, 1.807) is 23.0 Å². The van der Waals surface area contributed by atoms with Gasteiger partial charge in [-0.3, -0.25) is 4.79 Å². The average Bonchev–Trinajstić information content (AvgIpc) is 3.38. The predicted octanol–water partition coefficient (Wildman–Crippen LogP) is 4.92. The number of aromatic nitrogens is 2. The van der Waals surface area contributed by atoms with Crippen molar-refractivity contribution in [3.8, 4) is 22.7 Å². The van der Waals surface area contributed by atoms with Crippen LogP contribution in [0.15, 0.2) is 89.5 Å². The number of nitrogens with zero attached hydrogens (tertiary/aromatic N) is 2. The Kier molecular flexibility index (Phi) is 9.84. The molecule has 4 rings (SSSR count). The second-order valence-corrected chi connectivity index (χ2v) is 8.93. The number of halogens is 1. The summed E-state index contributed by atoms with van der Waals surface area (Å²) in [5, 5.41) is 7.69. The smallest absolute Gasteiger partial charge is 0.259 e. The molecule has 3 aromatic carbocycles. The largest absolute Gasteiger partial charge is 0.491 e. The van der Waals surface area contributed by atoms with Crippen LogP contribution in [0.5, 0.6) is 5.75 Å². The Hall–Kier alpha value is -3.50. The van der Waals surface area contributed by atoms with Crippen LogP contribution in [-0.4, -0.2) is 55.3 Å². The van der Waals surface area contributed by atoms with Crippen molar-refractivity contribution >= 4 is 27.5 Å². The third-order valence-corrected chi connectivity index (χ3v) is 5.87. The van der Waals surface area contributed by atoms with E-state index in [4.69, 9.17) is 25.0 Å². The van der Waals surface area contributed by atoms with Crippen LogP contribution < -0.4 is 15.8 Å². The summed E-state index contributed by atoms with van der Waals surface area (Å²) in [4.78, 5) is 13.3. The Morgan fingerprint density at radius 1 is 0.865 bits per heavy atom. The van der Waals surface area contributed by atoms with Crippen molar-refractivity contribution in [1.82, 2.24) is 9.78 Å². The first-order valence-electron chi connectivity index (χ1n) is 11.9. The summed E-state index contributed by atoms with van der Waals surface area (Å²) < 4.78 is 19.1. The van der Waals surface area contributed by atoms with E-state index in [1.807, 2.05) is 66.7 Å². The van der Waals surface area contributed by atoms with Crippen molar-refractivity contribution in [3.05, 3.63) is 95.1 Å². The highest BCUT2D eigenvalue weighted by Gasteiger charge is 2.19.